The molecule has 1 rings (SSSR count). The second-order valence-electron chi connectivity index (χ2n) is 3.63. The Morgan fingerprint density at radius 1 is 1.47 bits per heavy atom. The molecule has 0 heterocycles. The van der Waals surface area contributed by atoms with Gasteiger partial charge in [0.15, 0.2) is 0 Å². The second kappa shape index (κ2) is 5.89. The first-order chi connectivity index (χ1) is 8.02. The second-order valence-corrected chi connectivity index (χ2v) is 3.63. The summed E-state index contributed by atoms with van der Waals surface area (Å²) in [4.78, 5) is 21.8. The lowest BCUT2D eigenvalue weighted by atomic mass is 10.0. The fraction of sp³-hybridized carbons (Fsp3) is 0.333. The Morgan fingerprint density at radius 2 is 2.18 bits per heavy atom. The van der Waals surface area contributed by atoms with Crippen LogP contribution in [-0.4, -0.2) is 24.1 Å². The average Bonchev–Trinajstić information content (AvgIpc) is 2.27. The maximum atomic E-state index is 11.0. The van der Waals surface area contributed by atoms with Gasteiger partial charge >= 0.3 is 5.97 Å². The van der Waals surface area contributed by atoms with Crippen LogP contribution in [0.15, 0.2) is 24.3 Å². The number of carbonyl (C=O) groups is 2. The molecule has 0 aromatic heterocycles. The Bertz CT molecular complexity index is 401. The zero-order chi connectivity index (χ0) is 12.8. The lowest BCUT2D eigenvalue weighted by Crippen LogP contribution is -2.27. The van der Waals surface area contributed by atoms with E-state index >= 15 is 0 Å². The molecular formula is C12H15NO4. The molecule has 0 aliphatic carbocycles. The summed E-state index contributed by atoms with van der Waals surface area (Å²) in [6.07, 6.45) is -0.160. The molecule has 0 bridgehead atoms. The van der Waals surface area contributed by atoms with Crippen molar-refractivity contribution in [1.82, 2.24) is 5.32 Å². The maximum absolute atomic E-state index is 11.0. The molecule has 0 spiro atoms. The van der Waals surface area contributed by atoms with Gasteiger partial charge in [-0.25, -0.2) is 0 Å². The van der Waals surface area contributed by atoms with Crippen molar-refractivity contribution in [2.45, 2.75) is 19.4 Å². The Hall–Kier alpha value is -2.04. The van der Waals surface area contributed by atoms with Gasteiger partial charge in [-0.15, -0.1) is 0 Å². The number of hydrogen-bond acceptors (Lipinski definition) is 3. The molecule has 0 aliphatic heterocycles. The van der Waals surface area contributed by atoms with Gasteiger partial charge in [0.25, 0.3) is 0 Å². The van der Waals surface area contributed by atoms with Gasteiger partial charge in [-0.05, 0) is 17.7 Å². The molecule has 0 fully saturated rings. The van der Waals surface area contributed by atoms with E-state index in [1.165, 1.54) is 14.0 Å². The van der Waals surface area contributed by atoms with Crippen LogP contribution in [0.3, 0.4) is 0 Å². The van der Waals surface area contributed by atoms with Gasteiger partial charge in [-0.3, -0.25) is 9.59 Å². The van der Waals surface area contributed by atoms with Gasteiger partial charge in [0.05, 0.1) is 19.6 Å². The highest BCUT2D eigenvalue weighted by molar-refractivity contribution is 5.75. The summed E-state index contributed by atoms with van der Waals surface area (Å²) in [5.41, 5.74) is 0.710. The van der Waals surface area contributed by atoms with Crippen molar-refractivity contribution in [1.29, 1.82) is 0 Å². The lowest BCUT2D eigenvalue weighted by Gasteiger charge is -2.16. The molecule has 5 heteroatoms. The molecule has 1 aromatic rings. The van der Waals surface area contributed by atoms with Crippen LogP contribution >= 0.6 is 0 Å². The first-order valence-electron chi connectivity index (χ1n) is 5.15. The molecule has 1 amide bonds. The van der Waals surface area contributed by atoms with Crippen molar-refractivity contribution in [2.75, 3.05) is 7.11 Å². The molecule has 0 saturated heterocycles. The normalized spacial score (nSPS) is 11.6. The Morgan fingerprint density at radius 3 is 2.71 bits per heavy atom. The number of carboxylic acids is 1. The number of aliphatic carboxylic acids is 1. The van der Waals surface area contributed by atoms with Gasteiger partial charge < -0.3 is 15.2 Å². The zero-order valence-electron chi connectivity index (χ0n) is 9.77. The largest absolute Gasteiger partial charge is 0.497 e. The highest BCUT2D eigenvalue weighted by atomic mass is 16.5. The molecule has 0 aliphatic rings. The van der Waals surface area contributed by atoms with Crippen molar-refractivity contribution in [3.8, 4) is 5.75 Å². The average molecular weight is 237 g/mol. The van der Waals surface area contributed by atoms with Crippen molar-refractivity contribution in [2.24, 2.45) is 0 Å². The van der Waals surface area contributed by atoms with Crippen molar-refractivity contribution >= 4 is 11.9 Å². The van der Waals surface area contributed by atoms with E-state index in [1.807, 2.05) is 0 Å². The van der Waals surface area contributed by atoms with Crippen LogP contribution in [-0.2, 0) is 9.59 Å². The summed E-state index contributed by atoms with van der Waals surface area (Å²) < 4.78 is 5.05. The van der Waals surface area contributed by atoms with Crippen molar-refractivity contribution < 1.29 is 19.4 Å². The highest BCUT2D eigenvalue weighted by Crippen LogP contribution is 2.21. The number of carbonyl (C=O) groups excluding carboxylic acids is 1. The minimum Gasteiger partial charge on any atom is -0.497 e. The molecule has 92 valence electrons. The predicted molar refractivity (Wildman–Crippen MR) is 61.8 cm³/mol. The minimum absolute atomic E-state index is 0.160. The van der Waals surface area contributed by atoms with Crippen LogP contribution in [0.1, 0.15) is 24.9 Å². The fourth-order valence-corrected chi connectivity index (χ4v) is 1.53. The Labute approximate surface area is 99.4 Å². The minimum atomic E-state index is -0.966. The summed E-state index contributed by atoms with van der Waals surface area (Å²) in [6.45, 7) is 1.36. The summed E-state index contributed by atoms with van der Waals surface area (Å²) in [5.74, 6) is -0.603. The third kappa shape index (κ3) is 4.14. The van der Waals surface area contributed by atoms with Gasteiger partial charge in [0.1, 0.15) is 5.75 Å². The van der Waals surface area contributed by atoms with E-state index in [9.17, 15) is 9.59 Å². The van der Waals surface area contributed by atoms with Crippen LogP contribution in [0.25, 0.3) is 0 Å². The molecule has 0 saturated carbocycles. The Kier molecular flexibility index (Phi) is 4.51. The van der Waals surface area contributed by atoms with Crippen LogP contribution in [0, 0.1) is 0 Å². The third-order valence-corrected chi connectivity index (χ3v) is 2.25. The quantitative estimate of drug-likeness (QED) is 0.810. The maximum Gasteiger partial charge on any atom is 0.305 e. The van der Waals surface area contributed by atoms with E-state index in [-0.39, 0.29) is 12.3 Å². The van der Waals surface area contributed by atoms with E-state index < -0.39 is 12.0 Å². The number of nitrogens with one attached hydrogen (secondary N) is 1. The summed E-state index contributed by atoms with van der Waals surface area (Å²) in [7, 11) is 1.53. The predicted octanol–water partition coefficient (Wildman–Crippen LogP) is 1.35. The molecule has 0 radical (unpaired) electrons. The van der Waals surface area contributed by atoms with Crippen LogP contribution in [0.5, 0.6) is 5.75 Å². The van der Waals surface area contributed by atoms with E-state index in [0.717, 1.165) is 0 Å². The van der Waals surface area contributed by atoms with Crippen LogP contribution in [0.2, 0.25) is 0 Å². The van der Waals surface area contributed by atoms with Crippen LogP contribution in [0.4, 0.5) is 0 Å². The van der Waals surface area contributed by atoms with Gasteiger partial charge in [0, 0.05) is 6.92 Å². The summed E-state index contributed by atoms with van der Waals surface area (Å²) in [5, 5.41) is 11.4. The highest BCUT2D eigenvalue weighted by Gasteiger charge is 2.16. The first-order valence-corrected chi connectivity index (χ1v) is 5.15. The number of ether oxygens (including phenoxy) is 1. The Balaban J connectivity index is 2.94. The molecule has 1 atom stereocenters. The summed E-state index contributed by atoms with van der Waals surface area (Å²) in [6, 6.07) is 6.44. The number of methoxy groups -OCH3 is 1. The van der Waals surface area contributed by atoms with Gasteiger partial charge in [0.2, 0.25) is 5.91 Å². The molecule has 17 heavy (non-hydrogen) atoms. The lowest BCUT2D eigenvalue weighted by molar-refractivity contribution is -0.137. The van der Waals surface area contributed by atoms with E-state index in [2.05, 4.69) is 5.32 Å². The number of amides is 1. The van der Waals surface area contributed by atoms with Crippen LogP contribution < -0.4 is 10.1 Å². The fourth-order valence-electron chi connectivity index (χ4n) is 1.53. The molecule has 2 N–H and O–H groups in total. The standard InChI is InChI=1S/C12H15NO4/c1-8(14)13-11(7-12(15)16)9-4-3-5-10(6-9)17-2/h3-6,11H,7H2,1-2H3,(H,13,14)(H,15,16)/t11-/m0/s1. The molecule has 5 nitrogen and oxygen atoms in total. The first kappa shape index (κ1) is 13.0. The van der Waals surface area contributed by atoms with Gasteiger partial charge in [-0.1, -0.05) is 12.1 Å². The van der Waals surface area contributed by atoms with E-state index in [1.54, 1.807) is 24.3 Å². The molecular weight excluding hydrogens is 222 g/mol. The molecule has 1 aromatic carbocycles. The zero-order valence-corrected chi connectivity index (χ0v) is 9.77. The number of hydrogen-bond donors (Lipinski definition) is 2. The third-order valence-electron chi connectivity index (χ3n) is 2.25. The molecule has 0 unspecified atom stereocenters. The number of carboxylic acid groups (broad SMARTS) is 1. The van der Waals surface area contributed by atoms with Crippen molar-refractivity contribution in [3.63, 3.8) is 0 Å². The topological polar surface area (TPSA) is 75.6 Å². The smallest absolute Gasteiger partial charge is 0.305 e. The number of rotatable bonds is 5. The van der Waals surface area contributed by atoms with Gasteiger partial charge in [-0.2, -0.15) is 0 Å². The monoisotopic (exact) mass is 237 g/mol. The van der Waals surface area contributed by atoms with E-state index in [0.29, 0.717) is 11.3 Å². The summed E-state index contributed by atoms with van der Waals surface area (Å²) >= 11 is 0. The van der Waals surface area contributed by atoms with E-state index in [4.69, 9.17) is 9.84 Å². The van der Waals surface area contributed by atoms with Crippen molar-refractivity contribution in [3.05, 3.63) is 29.8 Å². The SMILES string of the molecule is COc1cccc([C@H](CC(=O)O)NC(C)=O)c1. The number of benzene rings is 1.